The third-order valence-electron chi connectivity index (χ3n) is 2.96. The first-order valence-corrected chi connectivity index (χ1v) is 7.20. The van der Waals surface area contributed by atoms with E-state index in [2.05, 4.69) is 6.92 Å². The Morgan fingerprint density at radius 1 is 1.00 bits per heavy atom. The molecule has 0 aliphatic rings. The maximum atomic E-state index is 10.5. The number of carboxylic acid groups (broad SMARTS) is 1. The zero-order valence-electron chi connectivity index (χ0n) is 11.9. The Balaban J connectivity index is 3.17. The van der Waals surface area contributed by atoms with E-state index in [-0.39, 0.29) is 5.57 Å². The van der Waals surface area contributed by atoms with Gasteiger partial charge in [0.15, 0.2) is 0 Å². The molecule has 0 saturated heterocycles. The molecular weight excluding hydrogens is 228 g/mol. The molecule has 106 valence electrons. The molecule has 0 saturated carbocycles. The van der Waals surface area contributed by atoms with Crippen LogP contribution >= 0.6 is 0 Å². The van der Waals surface area contributed by atoms with E-state index in [1.807, 2.05) is 0 Å². The third kappa shape index (κ3) is 11.5. The summed E-state index contributed by atoms with van der Waals surface area (Å²) in [6.07, 6.45) is 12.9. The number of ether oxygens (including phenoxy) is 1. The number of carboxylic acids is 1. The minimum absolute atomic E-state index is 0.255. The maximum absolute atomic E-state index is 10.5. The first kappa shape index (κ1) is 17.0. The lowest BCUT2D eigenvalue weighted by molar-refractivity contribution is -0.132. The number of hydrogen-bond donors (Lipinski definition) is 1. The second-order valence-electron chi connectivity index (χ2n) is 4.81. The van der Waals surface area contributed by atoms with Gasteiger partial charge in [-0.25, -0.2) is 4.79 Å². The molecule has 0 aromatic carbocycles. The van der Waals surface area contributed by atoms with Gasteiger partial charge in [0.25, 0.3) is 0 Å². The summed E-state index contributed by atoms with van der Waals surface area (Å²) in [5, 5.41) is 8.60. The van der Waals surface area contributed by atoms with Crippen LogP contribution in [0.25, 0.3) is 0 Å². The zero-order valence-corrected chi connectivity index (χ0v) is 11.9. The summed E-state index contributed by atoms with van der Waals surface area (Å²) in [4.78, 5) is 10.5. The second kappa shape index (κ2) is 12.5. The van der Waals surface area contributed by atoms with Crippen LogP contribution in [0.5, 0.6) is 0 Å². The number of unbranched alkanes of at least 4 members (excludes halogenated alkanes) is 8. The van der Waals surface area contributed by atoms with Gasteiger partial charge in [-0.3, -0.25) is 0 Å². The monoisotopic (exact) mass is 256 g/mol. The lowest BCUT2D eigenvalue weighted by atomic mass is 10.1. The molecule has 0 unspecified atom stereocenters. The van der Waals surface area contributed by atoms with Crippen LogP contribution in [-0.4, -0.2) is 17.7 Å². The van der Waals surface area contributed by atoms with Crippen LogP contribution in [0.1, 0.15) is 71.6 Å². The van der Waals surface area contributed by atoms with Crippen molar-refractivity contribution in [3.8, 4) is 0 Å². The highest BCUT2D eigenvalue weighted by atomic mass is 16.5. The molecule has 3 heteroatoms. The second-order valence-corrected chi connectivity index (χ2v) is 4.81. The fraction of sp³-hybridized carbons (Fsp3) is 0.800. The summed E-state index contributed by atoms with van der Waals surface area (Å²) in [6.45, 7) is 4.40. The smallest absolute Gasteiger partial charge is 0.334 e. The highest BCUT2D eigenvalue weighted by molar-refractivity contribution is 5.85. The standard InChI is InChI=1S/C15H28O3/c1-3-4-5-6-7-8-9-10-11-12-18-13-14(2)15(16)17/h13H,3-12H2,1-2H3,(H,16,17). The first-order chi connectivity index (χ1) is 8.68. The minimum Gasteiger partial charge on any atom is -0.501 e. The van der Waals surface area contributed by atoms with Crippen molar-refractivity contribution in [2.45, 2.75) is 71.6 Å². The number of carbonyl (C=O) groups is 1. The Labute approximate surface area is 111 Å². The molecule has 0 spiro atoms. The number of rotatable bonds is 12. The quantitative estimate of drug-likeness (QED) is 0.317. The van der Waals surface area contributed by atoms with Gasteiger partial charge in [-0.2, -0.15) is 0 Å². The number of aliphatic carboxylic acids is 1. The minimum atomic E-state index is -0.915. The van der Waals surface area contributed by atoms with Gasteiger partial charge in [0, 0.05) is 0 Å². The van der Waals surface area contributed by atoms with E-state index < -0.39 is 5.97 Å². The van der Waals surface area contributed by atoms with E-state index in [1.165, 1.54) is 57.6 Å². The van der Waals surface area contributed by atoms with E-state index in [0.717, 1.165) is 6.42 Å². The molecule has 0 aliphatic heterocycles. The molecule has 0 fully saturated rings. The molecule has 0 heterocycles. The van der Waals surface area contributed by atoms with Gasteiger partial charge in [-0.15, -0.1) is 0 Å². The van der Waals surface area contributed by atoms with Crippen molar-refractivity contribution in [3.05, 3.63) is 11.8 Å². The van der Waals surface area contributed by atoms with Crippen LogP contribution in [-0.2, 0) is 9.53 Å². The molecule has 18 heavy (non-hydrogen) atoms. The average molecular weight is 256 g/mol. The van der Waals surface area contributed by atoms with Gasteiger partial charge in [-0.1, -0.05) is 58.3 Å². The van der Waals surface area contributed by atoms with Crippen molar-refractivity contribution >= 4 is 5.97 Å². The molecule has 3 nitrogen and oxygen atoms in total. The van der Waals surface area contributed by atoms with E-state index in [1.54, 1.807) is 6.92 Å². The summed E-state index contributed by atoms with van der Waals surface area (Å²) in [7, 11) is 0. The van der Waals surface area contributed by atoms with Crippen molar-refractivity contribution in [3.63, 3.8) is 0 Å². The Morgan fingerprint density at radius 3 is 2.00 bits per heavy atom. The maximum Gasteiger partial charge on any atom is 0.334 e. The molecule has 0 aromatic rings. The van der Waals surface area contributed by atoms with Crippen molar-refractivity contribution in [2.24, 2.45) is 0 Å². The van der Waals surface area contributed by atoms with Gasteiger partial charge in [0.1, 0.15) is 0 Å². The van der Waals surface area contributed by atoms with Crippen LogP contribution in [0.3, 0.4) is 0 Å². The predicted octanol–water partition coefficient (Wildman–Crippen LogP) is 4.52. The SMILES string of the molecule is CCCCCCCCCCCOC=C(C)C(=O)O. The van der Waals surface area contributed by atoms with Crippen LogP contribution < -0.4 is 0 Å². The molecule has 0 rings (SSSR count). The van der Waals surface area contributed by atoms with Crippen LogP contribution in [0.4, 0.5) is 0 Å². The van der Waals surface area contributed by atoms with Gasteiger partial charge in [0.05, 0.1) is 18.4 Å². The fourth-order valence-electron chi connectivity index (χ4n) is 1.73. The molecule has 0 radical (unpaired) electrons. The van der Waals surface area contributed by atoms with Crippen LogP contribution in [0.2, 0.25) is 0 Å². The van der Waals surface area contributed by atoms with Gasteiger partial charge >= 0.3 is 5.97 Å². The normalized spacial score (nSPS) is 11.6. The average Bonchev–Trinajstić information content (AvgIpc) is 2.35. The Morgan fingerprint density at radius 2 is 1.50 bits per heavy atom. The Bertz CT molecular complexity index is 234. The Hall–Kier alpha value is -0.990. The lowest BCUT2D eigenvalue weighted by Gasteiger charge is -2.03. The van der Waals surface area contributed by atoms with Gasteiger partial charge in [0.2, 0.25) is 0 Å². The van der Waals surface area contributed by atoms with Crippen molar-refractivity contribution in [1.82, 2.24) is 0 Å². The van der Waals surface area contributed by atoms with E-state index >= 15 is 0 Å². The van der Waals surface area contributed by atoms with Crippen molar-refractivity contribution in [1.29, 1.82) is 0 Å². The lowest BCUT2D eigenvalue weighted by Crippen LogP contribution is -1.97. The molecule has 0 amide bonds. The molecule has 0 aromatic heterocycles. The highest BCUT2D eigenvalue weighted by Crippen LogP contribution is 2.09. The van der Waals surface area contributed by atoms with E-state index in [4.69, 9.17) is 9.84 Å². The largest absolute Gasteiger partial charge is 0.501 e. The zero-order chi connectivity index (χ0) is 13.6. The molecular formula is C15H28O3. The van der Waals surface area contributed by atoms with Gasteiger partial charge in [-0.05, 0) is 13.3 Å². The molecule has 0 aliphatic carbocycles. The van der Waals surface area contributed by atoms with Gasteiger partial charge < -0.3 is 9.84 Å². The van der Waals surface area contributed by atoms with Crippen LogP contribution in [0, 0.1) is 0 Å². The number of hydrogen-bond acceptors (Lipinski definition) is 2. The molecule has 1 N–H and O–H groups in total. The summed E-state index contributed by atoms with van der Waals surface area (Å²) >= 11 is 0. The van der Waals surface area contributed by atoms with E-state index in [9.17, 15) is 4.79 Å². The fourth-order valence-corrected chi connectivity index (χ4v) is 1.73. The summed E-state index contributed by atoms with van der Waals surface area (Å²) < 4.78 is 5.17. The topological polar surface area (TPSA) is 46.5 Å². The summed E-state index contributed by atoms with van der Waals surface area (Å²) in [5.41, 5.74) is 0.255. The van der Waals surface area contributed by atoms with Crippen molar-refractivity contribution < 1.29 is 14.6 Å². The first-order valence-electron chi connectivity index (χ1n) is 7.20. The molecule has 0 bridgehead atoms. The predicted molar refractivity (Wildman–Crippen MR) is 74.6 cm³/mol. The van der Waals surface area contributed by atoms with E-state index in [0.29, 0.717) is 6.61 Å². The summed E-state index contributed by atoms with van der Waals surface area (Å²) in [5.74, 6) is -0.915. The third-order valence-corrected chi connectivity index (χ3v) is 2.96. The Kier molecular flexibility index (Phi) is 11.8. The van der Waals surface area contributed by atoms with Crippen LogP contribution in [0.15, 0.2) is 11.8 Å². The highest BCUT2D eigenvalue weighted by Gasteiger charge is 1.98. The summed E-state index contributed by atoms with van der Waals surface area (Å²) in [6, 6.07) is 0. The molecule has 0 atom stereocenters. The van der Waals surface area contributed by atoms with Crippen molar-refractivity contribution in [2.75, 3.05) is 6.61 Å².